The molecule has 24 nitrogen and oxygen atoms in total. The number of carbonyl (C=O) groups excluding carboxylic acids is 1. The summed E-state index contributed by atoms with van der Waals surface area (Å²) in [4.78, 5) is 28.0. The summed E-state index contributed by atoms with van der Waals surface area (Å²) in [6.45, 7) is 8.86. The number of hydrogen-bond donors (Lipinski definition) is 3. The molecule has 402 valence electrons. The van der Waals surface area contributed by atoms with Crippen LogP contribution in [-0.4, -0.2) is 83.8 Å². The van der Waals surface area contributed by atoms with Crippen molar-refractivity contribution < 1.29 is 46.7 Å². The van der Waals surface area contributed by atoms with Crippen molar-refractivity contribution in [3.05, 3.63) is 59.6 Å². The zero-order valence-corrected chi connectivity index (χ0v) is 41.4. The highest BCUT2D eigenvalue weighted by atomic mass is 17.2. The number of nitrogens with two attached hydrogens (primary N) is 1. The molecule has 24 heteroatoms. The molecular weight excluding hydrogens is 997 g/mol. The monoisotopic (exact) mass is 1060 g/mol. The molecule has 0 unspecified atom stereocenters. The molecule has 1 amide bonds. The zero-order valence-electron chi connectivity index (χ0n) is 41.4. The van der Waals surface area contributed by atoms with Crippen molar-refractivity contribution in [3.63, 3.8) is 0 Å². The van der Waals surface area contributed by atoms with Crippen LogP contribution < -0.4 is 20.8 Å². The number of nitrogens with one attached hydrogen (secondary N) is 1. The van der Waals surface area contributed by atoms with E-state index in [9.17, 15) is 10.0 Å². The first-order valence-corrected chi connectivity index (χ1v) is 22.2. The molecule has 4 N–H and O–H groups in total. The summed E-state index contributed by atoms with van der Waals surface area (Å²) in [6, 6.07) is 7.37. The second-order valence-electron chi connectivity index (χ2n) is 15.0. The van der Waals surface area contributed by atoms with E-state index in [1.807, 2.05) is 49.0 Å². The number of benzene rings is 1. The Labute approximate surface area is 465 Å². The summed E-state index contributed by atoms with van der Waals surface area (Å²) in [5.41, 5.74) is 3.96. The van der Waals surface area contributed by atoms with Gasteiger partial charge in [0.1, 0.15) is 17.5 Å². The molecule has 4 aromatic rings. The highest BCUT2D eigenvalue weighted by Crippen LogP contribution is 2.41. The quantitative estimate of drug-likeness (QED) is 0.0502. The van der Waals surface area contributed by atoms with Crippen molar-refractivity contribution in [2.45, 2.75) is 45.1 Å². The second-order valence-corrected chi connectivity index (χ2v) is 15.0. The summed E-state index contributed by atoms with van der Waals surface area (Å²) in [5, 5.41) is 51.3. The van der Waals surface area contributed by atoms with Gasteiger partial charge in [-0.05, 0) is 162 Å². The van der Waals surface area contributed by atoms with Crippen LogP contribution >= 0.6 is 0 Å². The number of imidazole rings is 1. The molecule has 5 heterocycles. The zero-order chi connectivity index (χ0) is 55.5. The molecule has 1 saturated carbocycles. The fraction of sp³-hybridized carbons (Fsp3) is 0.222. The molecule has 78 heavy (non-hydrogen) atoms. The normalized spacial score (nSPS) is 12.4. The predicted molar refractivity (Wildman–Crippen MR) is 304 cm³/mol. The number of terminal acetylenes is 1. The van der Waals surface area contributed by atoms with Gasteiger partial charge in [-0.15, -0.1) is 11.5 Å². The summed E-state index contributed by atoms with van der Waals surface area (Å²) < 4.78 is 15.5. The van der Waals surface area contributed by atoms with Gasteiger partial charge in [-0.2, -0.15) is 0 Å². The fourth-order valence-corrected chi connectivity index (χ4v) is 6.00. The summed E-state index contributed by atoms with van der Waals surface area (Å²) in [6.07, 6.45) is 12.9. The van der Waals surface area contributed by atoms with E-state index in [1.54, 1.807) is 17.8 Å². The number of rotatable bonds is 9. The molecule has 1 aliphatic carbocycles. The second kappa shape index (κ2) is 31.9. The van der Waals surface area contributed by atoms with Gasteiger partial charge in [0, 0.05) is 100 Å². The minimum absolute atomic E-state index is 0. The van der Waals surface area contributed by atoms with Crippen LogP contribution in [-0.2, 0) is 15.3 Å². The molecule has 0 atom stereocenters. The van der Waals surface area contributed by atoms with Gasteiger partial charge in [0.2, 0.25) is 10.4 Å². The van der Waals surface area contributed by atoms with Crippen molar-refractivity contribution in [1.82, 2.24) is 34.7 Å². The smallest absolute Gasteiger partial charge is 0.274 e. The minimum atomic E-state index is -0.622. The summed E-state index contributed by atoms with van der Waals surface area (Å²) in [5.74, 6) is 67.7. The maximum absolute atomic E-state index is 13.6. The number of pyridine rings is 1. The van der Waals surface area contributed by atoms with Gasteiger partial charge in [-0.1, -0.05) is 17.2 Å². The Kier molecular flexibility index (Phi) is 23.2. The first kappa shape index (κ1) is 56.6. The summed E-state index contributed by atoms with van der Waals surface area (Å²) in [7, 11) is 0. The van der Waals surface area contributed by atoms with E-state index >= 15 is 0 Å². The van der Waals surface area contributed by atoms with Crippen LogP contribution in [0.4, 0.5) is 11.4 Å². The van der Waals surface area contributed by atoms with Gasteiger partial charge >= 0.3 is 0 Å². The number of aromatic nitrogens is 7. The number of ether oxygens (including phenoxy) is 2. The third kappa shape index (κ3) is 19.0. The molecule has 0 bridgehead atoms. The van der Waals surface area contributed by atoms with Crippen LogP contribution in [0.2, 0.25) is 0 Å². The molecule has 3 aliphatic rings. The average Bonchev–Trinajstić information content (AvgIpc) is 4.22. The SMILES string of the molecule is C#CC#CC#CC#CC#CC#CC#CC#CC#CC#CC#CC#CC#CC.CC1(C)COc2c(NC(=O)c3cc(-n4cnc(C5CC5)c4)c(N4CCOCC4)cn3)cccc2-c2nnnn21.NN=NN=NN=NN=[N+]([O-])OO.[HH].[HH].[HH].[HH].[HH].[HH].[HH].[HH].[HH].[HH].[HH].[HH]. The van der Waals surface area contributed by atoms with Crippen molar-refractivity contribution >= 4 is 17.3 Å². The molecular formula is C54H60N18O6. The molecule has 1 aromatic carbocycles. The number of fused-ring (bicyclic) bond motifs is 3. The Balaban J connectivity index is -0.000000196. The number of tetrazole rings is 1. The number of hydrogen-bond acceptors (Lipinski definition) is 13. The molecule has 0 spiro atoms. The van der Waals surface area contributed by atoms with Gasteiger partial charge < -0.3 is 40.3 Å². The van der Waals surface area contributed by atoms with Crippen LogP contribution in [0, 0.1) is 160 Å². The van der Waals surface area contributed by atoms with E-state index in [4.69, 9.17) is 21.2 Å². The Morgan fingerprint density at radius 3 is 1.99 bits per heavy atom. The number of carbonyl (C=O) groups is 1. The first-order chi connectivity index (χ1) is 38.2. The third-order valence-corrected chi connectivity index (χ3v) is 9.41. The van der Waals surface area contributed by atoms with E-state index in [0.717, 1.165) is 30.2 Å². The van der Waals surface area contributed by atoms with E-state index in [0.29, 0.717) is 54.3 Å². The summed E-state index contributed by atoms with van der Waals surface area (Å²) >= 11 is 0. The van der Waals surface area contributed by atoms with E-state index in [-0.39, 0.29) is 23.0 Å². The lowest BCUT2D eigenvalue weighted by atomic mass is 10.1. The first-order valence-electron chi connectivity index (χ1n) is 22.2. The van der Waals surface area contributed by atoms with Crippen LogP contribution in [0.1, 0.15) is 72.8 Å². The number of amides is 1. The van der Waals surface area contributed by atoms with Gasteiger partial charge in [-0.25, -0.2) is 14.6 Å². The van der Waals surface area contributed by atoms with Crippen LogP contribution in [0.15, 0.2) is 79.5 Å². The maximum Gasteiger partial charge on any atom is 0.274 e. The van der Waals surface area contributed by atoms with Gasteiger partial charge in [0.15, 0.2) is 11.6 Å². The fourth-order valence-electron chi connectivity index (χ4n) is 6.00. The van der Waals surface area contributed by atoms with Gasteiger partial charge in [0.05, 0.1) is 64.6 Å². The third-order valence-electron chi connectivity index (χ3n) is 9.41. The molecule has 7 rings (SSSR count). The topological polar surface area (TPSA) is 293 Å². The van der Waals surface area contributed by atoms with Crippen molar-refractivity contribution in [3.8, 4) is 177 Å². The van der Waals surface area contributed by atoms with E-state index in [2.05, 4.69) is 237 Å². The lowest BCUT2D eigenvalue weighted by Gasteiger charge is -2.30. The standard InChI is InChI=1S/C27H29N9O3.C27H4.H3N9O3.12H2/c1-27(2)15-39-24-18(25-31-32-33-36(25)27)4-3-5-19(24)30-26(37)20-12-22(35-14-21(29-16-35)17-6-7-17)23(13-28-20)34-8-10-38-11-9-34;1-3-5-7-9-11-13-15-17-19-21-23-25-27-26-24-22-20-18-16-14-12-10-8-6-4-2;1-2-3-4-5-6-7-8-9(10)12-11;;;;;;;;;;;;/h3-5,12-14,16-17H,6-11,15H2,1-2H3,(H,30,37);1H,2H3;11H,(H2,1,3,5,7);12*1H. The Hall–Kier alpha value is -12.3. The highest BCUT2D eigenvalue weighted by Gasteiger charge is 2.33. The molecule has 2 fully saturated rings. The predicted octanol–water partition coefficient (Wildman–Crippen LogP) is 6.98. The Morgan fingerprint density at radius 2 is 1.42 bits per heavy atom. The number of anilines is 2. The van der Waals surface area contributed by atoms with Crippen molar-refractivity contribution in [1.29, 1.82) is 0 Å². The van der Waals surface area contributed by atoms with Crippen LogP contribution in [0.5, 0.6) is 5.75 Å². The van der Waals surface area contributed by atoms with Crippen molar-refractivity contribution in [2.75, 3.05) is 43.1 Å². The van der Waals surface area contributed by atoms with E-state index in [1.165, 1.54) is 12.8 Å². The molecule has 2 aliphatic heterocycles. The highest BCUT2D eigenvalue weighted by molar-refractivity contribution is 6.05. The lowest BCUT2D eigenvalue weighted by molar-refractivity contribution is -0.873. The number of para-hydroxylation sites is 1. The number of morpholine rings is 1. The lowest BCUT2D eigenvalue weighted by Crippen LogP contribution is -2.37. The number of nitrogens with zero attached hydrogens (tertiary/aromatic N) is 16. The van der Waals surface area contributed by atoms with Gasteiger partial charge in [0.25, 0.3) is 5.91 Å². The molecule has 1 saturated heterocycles. The maximum atomic E-state index is 13.6. The largest absolute Gasteiger partial charge is 0.488 e. The molecule has 0 radical (unpaired) electrons. The van der Waals surface area contributed by atoms with E-state index < -0.39 is 10.6 Å². The Bertz CT molecular complexity index is 3910. The average molecular weight is 1060 g/mol. The van der Waals surface area contributed by atoms with Crippen LogP contribution in [0.3, 0.4) is 0 Å². The van der Waals surface area contributed by atoms with Crippen LogP contribution in [0.25, 0.3) is 17.1 Å². The van der Waals surface area contributed by atoms with Crippen molar-refractivity contribution in [2.24, 2.45) is 42.4 Å². The Morgan fingerprint density at radius 1 is 0.846 bits per heavy atom. The van der Waals surface area contributed by atoms with Gasteiger partial charge in [-0.3, -0.25) is 10.1 Å². The minimum Gasteiger partial charge on any atom is -0.488 e. The molecule has 3 aromatic heterocycles.